The van der Waals surface area contributed by atoms with Crippen LogP contribution in [-0.4, -0.2) is 41.0 Å². The van der Waals surface area contributed by atoms with Gasteiger partial charge in [0.25, 0.3) is 5.91 Å². The van der Waals surface area contributed by atoms with E-state index in [0.717, 1.165) is 17.7 Å². The summed E-state index contributed by atoms with van der Waals surface area (Å²) >= 11 is 0. The summed E-state index contributed by atoms with van der Waals surface area (Å²) in [4.78, 5) is 39.8. The molecule has 0 saturated heterocycles. The Balaban J connectivity index is 3.21. The molecule has 0 bridgehead atoms. The van der Waals surface area contributed by atoms with Crippen LogP contribution in [0.4, 0.5) is 4.79 Å². The van der Waals surface area contributed by atoms with E-state index in [0.29, 0.717) is 12.1 Å². The van der Waals surface area contributed by atoms with Gasteiger partial charge in [-0.2, -0.15) is 0 Å². The highest BCUT2D eigenvalue weighted by Crippen LogP contribution is 2.23. The van der Waals surface area contributed by atoms with Gasteiger partial charge < -0.3 is 15.4 Å². The number of hydrogen-bond acceptors (Lipinski definition) is 4. The smallest absolute Gasteiger partial charge is 0.408 e. The van der Waals surface area contributed by atoms with Crippen LogP contribution in [0.5, 0.6) is 0 Å². The second-order valence-electron chi connectivity index (χ2n) is 8.66. The Hall–Kier alpha value is -3.01. The summed E-state index contributed by atoms with van der Waals surface area (Å²) in [5, 5.41) is 5.46. The number of terminal acetylenes is 1. The second kappa shape index (κ2) is 12.0. The average Bonchev–Trinajstić information content (AvgIpc) is 2.68. The van der Waals surface area contributed by atoms with Crippen molar-refractivity contribution in [2.45, 2.75) is 72.1 Å². The number of nitrogens with one attached hydrogen (secondary N) is 2. The van der Waals surface area contributed by atoms with Crippen molar-refractivity contribution in [1.82, 2.24) is 15.5 Å². The summed E-state index contributed by atoms with van der Waals surface area (Å²) < 4.78 is 5.29. The molecule has 1 aromatic carbocycles. The molecule has 2 N–H and O–H groups in total. The first-order chi connectivity index (χ1) is 14.5. The van der Waals surface area contributed by atoms with E-state index in [1.165, 1.54) is 0 Å². The van der Waals surface area contributed by atoms with Crippen LogP contribution >= 0.6 is 0 Å². The first-order valence-corrected chi connectivity index (χ1v) is 10.6. The Kier molecular flexibility index (Phi) is 10.1. The number of alkyl carbamates (subject to hydrolysis) is 1. The maximum atomic E-state index is 13.4. The summed E-state index contributed by atoms with van der Waals surface area (Å²) in [7, 11) is 0. The molecular weight excluding hydrogens is 394 g/mol. The maximum absolute atomic E-state index is 13.4. The van der Waals surface area contributed by atoms with Crippen molar-refractivity contribution in [3.63, 3.8) is 0 Å². The van der Waals surface area contributed by atoms with Gasteiger partial charge in [0.15, 0.2) is 0 Å². The third-order valence-corrected chi connectivity index (χ3v) is 4.43. The molecule has 0 aliphatic carbocycles. The van der Waals surface area contributed by atoms with Crippen LogP contribution in [0.15, 0.2) is 30.3 Å². The van der Waals surface area contributed by atoms with E-state index in [1.54, 1.807) is 58.9 Å². The lowest BCUT2D eigenvalue weighted by Crippen LogP contribution is -2.53. The molecule has 2 unspecified atom stereocenters. The van der Waals surface area contributed by atoms with Crippen LogP contribution in [0.3, 0.4) is 0 Å². The maximum Gasteiger partial charge on any atom is 0.408 e. The van der Waals surface area contributed by atoms with Crippen LogP contribution in [0.25, 0.3) is 0 Å². The van der Waals surface area contributed by atoms with E-state index in [-0.39, 0.29) is 11.8 Å². The van der Waals surface area contributed by atoms with E-state index in [2.05, 4.69) is 16.7 Å². The number of rotatable bonds is 9. The summed E-state index contributed by atoms with van der Waals surface area (Å²) in [5.41, 5.74) is -0.130. The van der Waals surface area contributed by atoms with Crippen LogP contribution in [0.1, 0.15) is 66.0 Å². The molecule has 3 amide bonds. The first kappa shape index (κ1) is 26.0. The zero-order valence-electron chi connectivity index (χ0n) is 19.4. The van der Waals surface area contributed by atoms with E-state index in [9.17, 15) is 14.4 Å². The van der Waals surface area contributed by atoms with E-state index in [1.807, 2.05) is 13.0 Å². The third-order valence-electron chi connectivity index (χ3n) is 4.43. The van der Waals surface area contributed by atoms with Crippen LogP contribution < -0.4 is 10.6 Å². The van der Waals surface area contributed by atoms with Crippen molar-refractivity contribution >= 4 is 17.9 Å². The quantitative estimate of drug-likeness (QED) is 0.357. The van der Waals surface area contributed by atoms with Gasteiger partial charge in [0.1, 0.15) is 17.7 Å². The van der Waals surface area contributed by atoms with Gasteiger partial charge in [-0.1, -0.05) is 63.9 Å². The minimum absolute atomic E-state index is 0.282. The molecule has 0 spiro atoms. The molecule has 0 aromatic heterocycles. The van der Waals surface area contributed by atoms with Gasteiger partial charge in [0.05, 0.1) is 0 Å². The number of nitrogens with zero attached hydrogens (tertiary/aromatic N) is 1. The predicted octanol–water partition coefficient (Wildman–Crippen LogP) is 3.61. The number of unbranched alkanes of at least 4 members (excludes halogenated alkanes) is 1. The SMILES string of the molecule is C#CN(C(=O)C(NC(=O)OC(C)(C)C)C(C)C)C(C(=O)NCCCC)c1ccccc1. The van der Waals surface area contributed by atoms with Crippen LogP contribution in [-0.2, 0) is 14.3 Å². The second-order valence-corrected chi connectivity index (χ2v) is 8.66. The Labute approximate surface area is 185 Å². The third kappa shape index (κ3) is 8.33. The molecule has 1 aromatic rings. The monoisotopic (exact) mass is 429 g/mol. The van der Waals surface area contributed by atoms with E-state index >= 15 is 0 Å². The molecule has 170 valence electrons. The fourth-order valence-electron chi connectivity index (χ4n) is 2.90. The molecule has 2 atom stereocenters. The fourth-order valence-corrected chi connectivity index (χ4v) is 2.90. The molecule has 31 heavy (non-hydrogen) atoms. The molecule has 0 aliphatic heterocycles. The van der Waals surface area contributed by atoms with Crippen molar-refractivity contribution in [3.8, 4) is 12.5 Å². The first-order valence-electron chi connectivity index (χ1n) is 10.6. The molecule has 7 nitrogen and oxygen atoms in total. The number of carbonyl (C=O) groups excluding carboxylic acids is 3. The summed E-state index contributed by atoms with van der Waals surface area (Å²) in [5.74, 6) is -1.20. The van der Waals surface area contributed by atoms with Crippen molar-refractivity contribution in [2.24, 2.45) is 5.92 Å². The zero-order chi connectivity index (χ0) is 23.6. The fraction of sp³-hybridized carbons (Fsp3) is 0.542. The Morgan fingerprint density at radius 2 is 1.77 bits per heavy atom. The normalized spacial score (nSPS) is 13.0. The molecule has 7 heteroatoms. The van der Waals surface area contributed by atoms with Gasteiger partial charge in [0.2, 0.25) is 5.91 Å². The molecule has 1 rings (SSSR count). The highest BCUT2D eigenvalue weighted by Gasteiger charge is 2.36. The van der Waals surface area contributed by atoms with Gasteiger partial charge >= 0.3 is 6.09 Å². The highest BCUT2D eigenvalue weighted by molar-refractivity contribution is 5.93. The van der Waals surface area contributed by atoms with Gasteiger partial charge in [-0.25, -0.2) is 4.79 Å². The molecule has 0 radical (unpaired) electrons. The van der Waals surface area contributed by atoms with Gasteiger partial charge in [0, 0.05) is 12.6 Å². The average molecular weight is 430 g/mol. The Morgan fingerprint density at radius 1 is 1.16 bits per heavy atom. The number of carbonyl (C=O) groups is 3. The van der Waals surface area contributed by atoms with Gasteiger partial charge in [-0.15, -0.1) is 0 Å². The van der Waals surface area contributed by atoms with Crippen LogP contribution in [0, 0.1) is 18.4 Å². The number of benzene rings is 1. The summed E-state index contributed by atoms with van der Waals surface area (Å²) in [6.07, 6.45) is 6.72. The van der Waals surface area contributed by atoms with Crippen molar-refractivity contribution in [2.75, 3.05) is 6.54 Å². The van der Waals surface area contributed by atoms with Gasteiger partial charge in [-0.3, -0.25) is 14.5 Å². The predicted molar refractivity (Wildman–Crippen MR) is 121 cm³/mol. The standard InChI is InChI=1S/C24H35N3O4/c1-8-10-16-25-21(28)20(18-14-12-11-13-15-18)27(9-2)22(29)19(17(3)4)26-23(30)31-24(5,6)7/h2,11-15,17,19-20H,8,10,16H2,1,3-7H3,(H,25,28)(H,26,30). The van der Waals surface area contributed by atoms with Crippen LogP contribution in [0.2, 0.25) is 0 Å². The number of amides is 3. The zero-order valence-corrected chi connectivity index (χ0v) is 19.4. The topological polar surface area (TPSA) is 87.7 Å². The van der Waals surface area contributed by atoms with E-state index in [4.69, 9.17) is 11.2 Å². The number of ether oxygens (including phenoxy) is 1. The minimum atomic E-state index is -1.02. The van der Waals surface area contributed by atoms with Crippen molar-refractivity contribution in [3.05, 3.63) is 35.9 Å². The summed E-state index contributed by atoms with van der Waals surface area (Å²) in [6, 6.07) is 9.24. The van der Waals surface area contributed by atoms with Crippen molar-refractivity contribution < 1.29 is 19.1 Å². The van der Waals surface area contributed by atoms with Gasteiger partial charge in [-0.05, 0) is 38.7 Å². The minimum Gasteiger partial charge on any atom is -0.444 e. The molecule has 0 aliphatic rings. The lowest BCUT2D eigenvalue weighted by Gasteiger charge is -2.31. The lowest BCUT2D eigenvalue weighted by atomic mass is 9.99. The highest BCUT2D eigenvalue weighted by atomic mass is 16.6. The molecule has 0 fully saturated rings. The molecule has 0 heterocycles. The Morgan fingerprint density at radius 3 is 2.26 bits per heavy atom. The van der Waals surface area contributed by atoms with E-state index < -0.39 is 29.7 Å². The summed E-state index contributed by atoms with van der Waals surface area (Å²) in [6.45, 7) is 11.3. The molecular formula is C24H35N3O4. The van der Waals surface area contributed by atoms with Crippen molar-refractivity contribution in [1.29, 1.82) is 0 Å². The molecule has 0 saturated carbocycles. The lowest BCUT2D eigenvalue weighted by molar-refractivity contribution is -0.139. The Bertz CT molecular complexity index is 778. The number of hydrogen-bond donors (Lipinski definition) is 2. The largest absolute Gasteiger partial charge is 0.444 e.